The van der Waals surface area contributed by atoms with Crippen LogP contribution in [0.25, 0.3) is 0 Å². The highest BCUT2D eigenvalue weighted by atomic mass is 32.2. The summed E-state index contributed by atoms with van der Waals surface area (Å²) in [6, 6.07) is 0. The van der Waals surface area contributed by atoms with Crippen LogP contribution >= 0.6 is 0 Å². The second kappa shape index (κ2) is 13.1. The molecule has 0 radical (unpaired) electrons. The zero-order chi connectivity index (χ0) is 21.0. The Morgan fingerprint density at radius 3 is 1.54 bits per heavy atom. The first-order valence-electron chi connectivity index (χ1n) is 7.91. The molecule has 26 heavy (non-hydrogen) atoms. The molecule has 0 spiro atoms. The number of halogens is 3. The Labute approximate surface area is 153 Å². The summed E-state index contributed by atoms with van der Waals surface area (Å²) in [5, 5.41) is 0. The molecule has 0 aliphatic carbocycles. The Morgan fingerprint density at radius 2 is 1.35 bits per heavy atom. The van der Waals surface area contributed by atoms with E-state index in [0.717, 1.165) is 39.4 Å². The molecule has 12 heteroatoms. The largest absolute Gasteiger partial charge is 0.741 e. The van der Waals surface area contributed by atoms with Gasteiger partial charge in [-0.1, -0.05) is 0 Å². The normalized spacial score (nSPS) is 11.5. The lowest BCUT2D eigenvalue weighted by Gasteiger charge is -2.27. The van der Waals surface area contributed by atoms with E-state index < -0.39 is 15.6 Å². The van der Waals surface area contributed by atoms with Gasteiger partial charge in [0, 0.05) is 14.2 Å². The number of hydrogen-bond donors (Lipinski definition) is 0. The molecule has 0 bridgehead atoms. The van der Waals surface area contributed by atoms with E-state index in [1.54, 1.807) is 14.2 Å². The third-order valence-electron chi connectivity index (χ3n) is 3.14. The van der Waals surface area contributed by atoms with E-state index in [0.29, 0.717) is 0 Å². The number of methoxy groups -OCH3 is 2. The first-order valence-corrected chi connectivity index (χ1v) is 9.32. The van der Waals surface area contributed by atoms with Gasteiger partial charge >= 0.3 is 11.5 Å². The number of guanidine groups is 1. The molecule has 0 fully saturated rings. The van der Waals surface area contributed by atoms with Crippen molar-refractivity contribution in [3.63, 3.8) is 0 Å². The Bertz CT molecular complexity index is 496. The van der Waals surface area contributed by atoms with Crippen LogP contribution in [-0.4, -0.2) is 107 Å². The van der Waals surface area contributed by atoms with Crippen LogP contribution < -0.4 is 0 Å². The van der Waals surface area contributed by atoms with Crippen molar-refractivity contribution >= 4 is 16.1 Å². The van der Waals surface area contributed by atoms with Crippen LogP contribution in [0.4, 0.5) is 13.2 Å². The molecule has 0 saturated carbocycles. The van der Waals surface area contributed by atoms with Crippen molar-refractivity contribution in [2.75, 3.05) is 67.7 Å². The molecular weight excluding hydrogens is 379 g/mol. The molecule has 158 valence electrons. The van der Waals surface area contributed by atoms with Crippen LogP contribution in [0.2, 0.25) is 0 Å². The SMILES string of the molecule is CCN(CC)C(N(CCOC)CCOC)=[N+](C)C.O=S(=O)([O-])C(F)(F)F. The molecule has 8 nitrogen and oxygen atoms in total. The van der Waals surface area contributed by atoms with Gasteiger partial charge in [0.15, 0.2) is 10.1 Å². The molecule has 0 unspecified atom stereocenters. The van der Waals surface area contributed by atoms with Crippen molar-refractivity contribution in [1.29, 1.82) is 0 Å². The van der Waals surface area contributed by atoms with Gasteiger partial charge in [-0.05, 0) is 13.8 Å². The molecule has 0 aromatic heterocycles. The van der Waals surface area contributed by atoms with Gasteiger partial charge in [0.1, 0.15) is 0 Å². The molecule has 0 aromatic rings. The average Bonchev–Trinajstić information content (AvgIpc) is 2.52. The van der Waals surface area contributed by atoms with Crippen LogP contribution in [0.5, 0.6) is 0 Å². The lowest BCUT2D eigenvalue weighted by atomic mass is 10.4. The molecule has 0 atom stereocenters. The second-order valence-corrected chi connectivity index (χ2v) is 6.61. The fourth-order valence-electron chi connectivity index (χ4n) is 1.99. The van der Waals surface area contributed by atoms with Crippen LogP contribution in [0, 0.1) is 0 Å². The summed E-state index contributed by atoms with van der Waals surface area (Å²) in [4.78, 5) is 4.67. The third kappa shape index (κ3) is 10.8. The number of rotatable bonds is 8. The van der Waals surface area contributed by atoms with Crippen molar-refractivity contribution in [3.8, 4) is 0 Å². The maximum Gasteiger partial charge on any atom is 0.485 e. The summed E-state index contributed by atoms with van der Waals surface area (Å²) in [6.45, 7) is 9.56. The molecule has 0 aromatic carbocycles. The summed E-state index contributed by atoms with van der Waals surface area (Å²) in [6.07, 6.45) is 0. The molecule has 0 rings (SSSR count). The van der Waals surface area contributed by atoms with Gasteiger partial charge in [-0.3, -0.25) is 14.4 Å². The van der Waals surface area contributed by atoms with Crippen LogP contribution in [0.1, 0.15) is 13.8 Å². The third-order valence-corrected chi connectivity index (χ3v) is 3.71. The smallest absolute Gasteiger partial charge is 0.485 e. The maximum absolute atomic E-state index is 10.7. The van der Waals surface area contributed by atoms with Crippen LogP contribution in [0.15, 0.2) is 0 Å². The average molecular weight is 409 g/mol. The minimum Gasteiger partial charge on any atom is -0.741 e. The molecule has 0 amide bonds. The zero-order valence-electron chi connectivity index (χ0n) is 16.2. The Kier molecular flexibility index (Phi) is 13.7. The number of alkyl halides is 3. The summed E-state index contributed by atoms with van der Waals surface area (Å²) >= 11 is 0. The lowest BCUT2D eigenvalue weighted by Crippen LogP contribution is -2.50. The first-order chi connectivity index (χ1) is 11.9. The standard InChI is InChI=1S/C13H30N3O2.CHF3O3S/c1-7-15(8-2)13(14(3)4)16(9-11-17-5)10-12-18-6;2-1(3,4)8(5,6)7/h7-12H2,1-6H3;(H,5,6,7)/q+1;/p-1. The molecule has 0 aliphatic rings. The van der Waals surface area contributed by atoms with E-state index in [1.165, 1.54) is 5.96 Å². The Hall–Kier alpha value is -1.11. The van der Waals surface area contributed by atoms with Gasteiger partial charge in [-0.25, -0.2) is 8.42 Å². The van der Waals surface area contributed by atoms with Crippen molar-refractivity contribution in [1.82, 2.24) is 9.80 Å². The van der Waals surface area contributed by atoms with E-state index in [1.807, 2.05) is 0 Å². The highest BCUT2D eigenvalue weighted by Gasteiger charge is 2.36. The minimum absolute atomic E-state index is 0.725. The van der Waals surface area contributed by atoms with E-state index in [9.17, 15) is 13.2 Å². The highest BCUT2D eigenvalue weighted by molar-refractivity contribution is 7.86. The van der Waals surface area contributed by atoms with Gasteiger partial charge in [0.2, 0.25) is 0 Å². The van der Waals surface area contributed by atoms with Gasteiger partial charge in [0.05, 0.1) is 53.5 Å². The fraction of sp³-hybridized carbons (Fsp3) is 0.929. The predicted molar refractivity (Wildman–Crippen MR) is 91.1 cm³/mol. The number of nitrogens with zero attached hydrogens (tertiary/aromatic N) is 3. The summed E-state index contributed by atoms with van der Waals surface area (Å²) in [5.41, 5.74) is -5.65. The van der Waals surface area contributed by atoms with E-state index in [4.69, 9.17) is 22.4 Å². The van der Waals surface area contributed by atoms with Crippen molar-refractivity contribution in [3.05, 3.63) is 0 Å². The van der Waals surface area contributed by atoms with Crippen molar-refractivity contribution in [2.45, 2.75) is 19.4 Å². The summed E-state index contributed by atoms with van der Waals surface area (Å²) in [7, 11) is 1.55. The predicted octanol–water partition coefficient (Wildman–Crippen LogP) is 0.603. The molecule has 0 saturated heterocycles. The lowest BCUT2D eigenvalue weighted by molar-refractivity contribution is -0.476. The topological polar surface area (TPSA) is 85.2 Å². The van der Waals surface area contributed by atoms with Gasteiger partial charge < -0.3 is 14.0 Å². The van der Waals surface area contributed by atoms with E-state index >= 15 is 0 Å². The van der Waals surface area contributed by atoms with Crippen LogP contribution in [-0.2, 0) is 19.6 Å². The molecular formula is C14H30F3N3O5S. The molecule has 0 N–H and O–H groups in total. The summed E-state index contributed by atoms with van der Waals surface area (Å²) in [5.74, 6) is 1.23. The van der Waals surface area contributed by atoms with Crippen molar-refractivity contribution in [2.24, 2.45) is 0 Å². The molecule has 0 aliphatic heterocycles. The van der Waals surface area contributed by atoms with Gasteiger partial charge in [0.25, 0.3) is 0 Å². The Balaban J connectivity index is 0. The monoisotopic (exact) mass is 409 g/mol. The van der Waals surface area contributed by atoms with E-state index in [-0.39, 0.29) is 0 Å². The maximum atomic E-state index is 10.7. The quantitative estimate of drug-likeness (QED) is 0.191. The fourth-order valence-corrected chi connectivity index (χ4v) is 1.99. The van der Waals surface area contributed by atoms with Crippen molar-refractivity contribution < 1.29 is 40.2 Å². The highest BCUT2D eigenvalue weighted by Crippen LogP contribution is 2.20. The zero-order valence-corrected chi connectivity index (χ0v) is 17.0. The van der Waals surface area contributed by atoms with E-state index in [2.05, 4.69) is 42.3 Å². The Morgan fingerprint density at radius 1 is 1.00 bits per heavy atom. The first kappa shape index (κ1) is 27.1. The van der Waals surface area contributed by atoms with Gasteiger partial charge in [-0.2, -0.15) is 13.2 Å². The van der Waals surface area contributed by atoms with Gasteiger partial charge in [-0.15, -0.1) is 0 Å². The molecule has 0 heterocycles. The number of ether oxygens (including phenoxy) is 2. The minimum atomic E-state index is -6.09. The second-order valence-electron chi connectivity index (χ2n) is 5.24. The number of hydrogen-bond acceptors (Lipinski definition) is 5. The van der Waals surface area contributed by atoms with Crippen LogP contribution in [0.3, 0.4) is 0 Å². The summed E-state index contributed by atoms with van der Waals surface area (Å²) < 4.78 is 71.5.